The summed E-state index contributed by atoms with van der Waals surface area (Å²) in [5, 5.41) is 3.46. The van der Waals surface area contributed by atoms with E-state index in [2.05, 4.69) is 27.4 Å². The van der Waals surface area contributed by atoms with Gasteiger partial charge in [-0.3, -0.25) is 9.69 Å². The maximum absolute atomic E-state index is 11.0. The second-order valence-corrected chi connectivity index (χ2v) is 7.04. The fourth-order valence-corrected chi connectivity index (χ4v) is 3.70. The lowest BCUT2D eigenvalue weighted by molar-refractivity contribution is -0.114. The zero-order chi connectivity index (χ0) is 16.9. The smallest absolute Gasteiger partial charge is 0.221 e. The summed E-state index contributed by atoms with van der Waals surface area (Å²) < 4.78 is 0. The van der Waals surface area contributed by atoms with Crippen LogP contribution in [0.3, 0.4) is 0 Å². The molecular formula is C18H22N4OS. The van der Waals surface area contributed by atoms with Gasteiger partial charge in [0.25, 0.3) is 0 Å². The van der Waals surface area contributed by atoms with Gasteiger partial charge in [0.05, 0.1) is 5.69 Å². The van der Waals surface area contributed by atoms with Gasteiger partial charge in [0, 0.05) is 43.5 Å². The van der Waals surface area contributed by atoms with E-state index < -0.39 is 0 Å². The summed E-state index contributed by atoms with van der Waals surface area (Å²) in [5.41, 5.74) is 8.92. The summed E-state index contributed by atoms with van der Waals surface area (Å²) in [6.45, 7) is 4.50. The summed E-state index contributed by atoms with van der Waals surface area (Å²) in [5.74, 6) is -0.0517. The third kappa shape index (κ3) is 4.43. The number of hydrogen-bond acceptors (Lipinski definition) is 5. The Bertz CT molecular complexity index is 710. The molecular weight excluding hydrogens is 320 g/mol. The molecule has 3 N–H and O–H groups in total. The summed E-state index contributed by atoms with van der Waals surface area (Å²) >= 11 is 1.62. The molecule has 0 aliphatic carbocycles. The average molecular weight is 342 g/mol. The van der Waals surface area contributed by atoms with Gasteiger partial charge < -0.3 is 11.1 Å². The maximum atomic E-state index is 11.0. The Hall–Kier alpha value is -2.18. The van der Waals surface area contributed by atoms with Crippen molar-refractivity contribution in [1.29, 1.82) is 0 Å². The molecule has 1 aliphatic rings. The first-order valence-electron chi connectivity index (χ1n) is 8.11. The van der Waals surface area contributed by atoms with Crippen molar-refractivity contribution in [3.63, 3.8) is 0 Å². The van der Waals surface area contributed by atoms with Crippen LogP contribution in [0, 0.1) is 0 Å². The second-order valence-electron chi connectivity index (χ2n) is 5.93. The number of rotatable bonds is 4. The van der Waals surface area contributed by atoms with E-state index in [0.717, 1.165) is 43.7 Å². The number of fused-ring (bicyclic) bond motifs is 1. The maximum Gasteiger partial charge on any atom is 0.221 e. The zero-order valence-corrected chi connectivity index (χ0v) is 14.6. The molecule has 5 nitrogen and oxygen atoms in total. The number of nitrogens with zero attached hydrogens (tertiary/aromatic N) is 2. The second kappa shape index (κ2) is 7.59. The van der Waals surface area contributed by atoms with E-state index >= 15 is 0 Å². The standard InChI is InChI=1S/C18H22N4OS/c1-13(23)20-15-6-4-14(5-7-15)3-2-10-22-11-8-16-17(9-12-22)24-18(19)21-16/h2-7H,8-12H2,1H3,(H2,19,21)(H,20,23). The van der Waals surface area contributed by atoms with Gasteiger partial charge in [0.1, 0.15) is 0 Å². The monoisotopic (exact) mass is 342 g/mol. The molecule has 0 bridgehead atoms. The Kier molecular flexibility index (Phi) is 5.27. The first-order chi connectivity index (χ1) is 11.6. The largest absolute Gasteiger partial charge is 0.375 e. The fraction of sp³-hybridized carbons (Fsp3) is 0.333. The number of nitrogens with one attached hydrogen (secondary N) is 1. The number of aromatic nitrogens is 1. The molecule has 1 aromatic carbocycles. The van der Waals surface area contributed by atoms with Crippen molar-refractivity contribution in [3.05, 3.63) is 46.5 Å². The first kappa shape index (κ1) is 16.7. The number of carbonyl (C=O) groups is 1. The highest BCUT2D eigenvalue weighted by atomic mass is 32.1. The first-order valence-corrected chi connectivity index (χ1v) is 8.92. The highest BCUT2D eigenvalue weighted by Crippen LogP contribution is 2.24. The predicted molar refractivity (Wildman–Crippen MR) is 100 cm³/mol. The normalized spacial score (nSPS) is 15.2. The predicted octanol–water partition coefficient (Wildman–Crippen LogP) is 2.80. The Morgan fingerprint density at radius 2 is 2.08 bits per heavy atom. The number of nitrogen functional groups attached to an aromatic ring is 1. The van der Waals surface area contributed by atoms with Crippen molar-refractivity contribution < 1.29 is 4.79 Å². The summed E-state index contributed by atoms with van der Waals surface area (Å²) in [4.78, 5) is 19.2. The number of thiazole rings is 1. The number of carbonyl (C=O) groups excluding carboxylic acids is 1. The molecule has 0 radical (unpaired) electrons. The number of hydrogen-bond donors (Lipinski definition) is 2. The van der Waals surface area contributed by atoms with E-state index in [1.807, 2.05) is 24.3 Å². The van der Waals surface area contributed by atoms with Crippen molar-refractivity contribution in [2.45, 2.75) is 19.8 Å². The van der Waals surface area contributed by atoms with Crippen LogP contribution in [-0.2, 0) is 17.6 Å². The van der Waals surface area contributed by atoms with Gasteiger partial charge in [-0.25, -0.2) is 4.98 Å². The molecule has 0 unspecified atom stereocenters. The Morgan fingerprint density at radius 3 is 2.83 bits per heavy atom. The molecule has 2 aromatic rings. The Balaban J connectivity index is 1.51. The van der Waals surface area contributed by atoms with Crippen LogP contribution in [0.2, 0.25) is 0 Å². The minimum Gasteiger partial charge on any atom is -0.375 e. The van der Waals surface area contributed by atoms with Crippen molar-refractivity contribution in [1.82, 2.24) is 9.88 Å². The number of benzene rings is 1. The van der Waals surface area contributed by atoms with Gasteiger partial charge in [-0.2, -0.15) is 0 Å². The minimum atomic E-state index is -0.0517. The minimum absolute atomic E-state index is 0.0517. The number of nitrogens with two attached hydrogens (primary N) is 1. The molecule has 0 spiro atoms. The van der Waals surface area contributed by atoms with Crippen molar-refractivity contribution >= 4 is 34.1 Å². The SMILES string of the molecule is CC(=O)Nc1ccc(C=CCN2CCc3nc(N)sc3CC2)cc1. The molecule has 0 saturated heterocycles. The van der Waals surface area contributed by atoms with Gasteiger partial charge in [0.15, 0.2) is 5.13 Å². The lowest BCUT2D eigenvalue weighted by Crippen LogP contribution is -2.26. The highest BCUT2D eigenvalue weighted by molar-refractivity contribution is 7.15. The van der Waals surface area contributed by atoms with E-state index in [9.17, 15) is 4.79 Å². The fourth-order valence-electron chi connectivity index (χ4n) is 2.83. The van der Waals surface area contributed by atoms with Crippen LogP contribution in [0.15, 0.2) is 30.3 Å². The third-order valence-corrected chi connectivity index (χ3v) is 5.01. The number of anilines is 2. The lowest BCUT2D eigenvalue weighted by Gasteiger charge is -2.17. The van der Waals surface area contributed by atoms with Gasteiger partial charge in [-0.05, 0) is 24.1 Å². The van der Waals surface area contributed by atoms with E-state index in [1.165, 1.54) is 17.5 Å². The molecule has 3 rings (SSSR count). The van der Waals surface area contributed by atoms with Crippen LogP contribution in [0.25, 0.3) is 6.08 Å². The van der Waals surface area contributed by atoms with E-state index in [0.29, 0.717) is 5.13 Å². The molecule has 0 fully saturated rings. The van der Waals surface area contributed by atoms with E-state index in [1.54, 1.807) is 11.3 Å². The molecule has 1 aromatic heterocycles. The summed E-state index contributed by atoms with van der Waals surface area (Å²) in [7, 11) is 0. The van der Waals surface area contributed by atoms with Crippen molar-refractivity contribution in [3.8, 4) is 0 Å². The van der Waals surface area contributed by atoms with Crippen LogP contribution in [0.5, 0.6) is 0 Å². The zero-order valence-electron chi connectivity index (χ0n) is 13.8. The van der Waals surface area contributed by atoms with Gasteiger partial charge in [-0.1, -0.05) is 24.3 Å². The molecule has 24 heavy (non-hydrogen) atoms. The van der Waals surface area contributed by atoms with E-state index in [-0.39, 0.29) is 5.91 Å². The molecule has 6 heteroatoms. The van der Waals surface area contributed by atoms with Gasteiger partial charge >= 0.3 is 0 Å². The van der Waals surface area contributed by atoms with Crippen molar-refractivity contribution in [2.24, 2.45) is 0 Å². The summed E-state index contributed by atoms with van der Waals surface area (Å²) in [6.07, 6.45) is 6.31. The lowest BCUT2D eigenvalue weighted by atomic mass is 10.2. The third-order valence-electron chi connectivity index (χ3n) is 4.02. The van der Waals surface area contributed by atoms with Crippen molar-refractivity contribution in [2.75, 3.05) is 30.7 Å². The molecule has 1 amide bonds. The van der Waals surface area contributed by atoms with Crippen LogP contribution >= 0.6 is 11.3 Å². The molecule has 2 heterocycles. The van der Waals surface area contributed by atoms with Gasteiger partial charge in [-0.15, -0.1) is 11.3 Å². The quantitative estimate of drug-likeness (QED) is 0.896. The van der Waals surface area contributed by atoms with Crippen LogP contribution in [-0.4, -0.2) is 35.4 Å². The van der Waals surface area contributed by atoms with E-state index in [4.69, 9.17) is 5.73 Å². The number of amides is 1. The topological polar surface area (TPSA) is 71.2 Å². The molecule has 126 valence electrons. The van der Waals surface area contributed by atoms with Crippen LogP contribution in [0.4, 0.5) is 10.8 Å². The average Bonchev–Trinajstić information content (AvgIpc) is 2.80. The van der Waals surface area contributed by atoms with Crippen LogP contribution in [0.1, 0.15) is 23.1 Å². The van der Waals surface area contributed by atoms with Crippen LogP contribution < -0.4 is 11.1 Å². The summed E-state index contributed by atoms with van der Waals surface area (Å²) in [6, 6.07) is 7.85. The molecule has 0 saturated carbocycles. The molecule has 0 atom stereocenters. The highest BCUT2D eigenvalue weighted by Gasteiger charge is 2.16. The Labute approximate surface area is 146 Å². The van der Waals surface area contributed by atoms with Gasteiger partial charge in [0.2, 0.25) is 5.91 Å². The Morgan fingerprint density at radius 1 is 1.33 bits per heavy atom. The molecule has 1 aliphatic heterocycles.